The number of hydrogen-bond acceptors (Lipinski definition) is 3. The van der Waals surface area contributed by atoms with Gasteiger partial charge in [0, 0.05) is 37.8 Å². The SMILES string of the molecule is CC(C(=O)N1CCN(C(=O)c2cccc(F)c2)CC1)C(N)c1ccccc1. The first-order valence-corrected chi connectivity index (χ1v) is 9.11. The molecule has 0 bridgehead atoms. The maximum absolute atomic E-state index is 13.3. The quantitative estimate of drug-likeness (QED) is 0.900. The molecule has 1 fully saturated rings. The van der Waals surface area contributed by atoms with Gasteiger partial charge in [-0.1, -0.05) is 43.3 Å². The summed E-state index contributed by atoms with van der Waals surface area (Å²) in [6.07, 6.45) is 0. The van der Waals surface area contributed by atoms with E-state index in [-0.39, 0.29) is 23.8 Å². The van der Waals surface area contributed by atoms with Crippen LogP contribution in [0.2, 0.25) is 0 Å². The molecule has 0 saturated carbocycles. The molecule has 0 aromatic heterocycles. The topological polar surface area (TPSA) is 66.6 Å². The molecule has 142 valence electrons. The predicted molar refractivity (Wildman–Crippen MR) is 101 cm³/mol. The Hall–Kier alpha value is -2.73. The van der Waals surface area contributed by atoms with Gasteiger partial charge in [0.05, 0.1) is 5.92 Å². The molecule has 3 rings (SSSR count). The van der Waals surface area contributed by atoms with Crippen molar-refractivity contribution in [3.63, 3.8) is 0 Å². The molecule has 27 heavy (non-hydrogen) atoms. The summed E-state index contributed by atoms with van der Waals surface area (Å²) in [6.45, 7) is 3.59. The number of amides is 2. The van der Waals surface area contributed by atoms with E-state index in [1.807, 2.05) is 37.3 Å². The van der Waals surface area contributed by atoms with Gasteiger partial charge in [-0.15, -0.1) is 0 Å². The number of nitrogens with two attached hydrogens (primary N) is 1. The van der Waals surface area contributed by atoms with Gasteiger partial charge >= 0.3 is 0 Å². The molecule has 2 amide bonds. The average molecular weight is 369 g/mol. The van der Waals surface area contributed by atoms with Crippen molar-refractivity contribution in [3.8, 4) is 0 Å². The molecule has 0 spiro atoms. The van der Waals surface area contributed by atoms with Gasteiger partial charge in [-0.25, -0.2) is 4.39 Å². The summed E-state index contributed by atoms with van der Waals surface area (Å²) in [6, 6.07) is 14.9. The van der Waals surface area contributed by atoms with Crippen molar-refractivity contribution in [1.82, 2.24) is 9.80 Å². The van der Waals surface area contributed by atoms with E-state index in [4.69, 9.17) is 5.73 Å². The molecule has 1 aliphatic heterocycles. The van der Waals surface area contributed by atoms with Crippen LogP contribution in [0.5, 0.6) is 0 Å². The number of nitrogens with zero attached hydrogens (tertiary/aromatic N) is 2. The Morgan fingerprint density at radius 1 is 0.963 bits per heavy atom. The summed E-state index contributed by atoms with van der Waals surface area (Å²) >= 11 is 0. The Morgan fingerprint density at radius 2 is 1.59 bits per heavy atom. The minimum absolute atomic E-state index is 0.00999. The van der Waals surface area contributed by atoms with Crippen LogP contribution < -0.4 is 5.73 Å². The minimum atomic E-state index is -0.432. The number of rotatable bonds is 4. The van der Waals surface area contributed by atoms with E-state index in [9.17, 15) is 14.0 Å². The Labute approximate surface area is 158 Å². The summed E-state index contributed by atoms with van der Waals surface area (Å²) in [7, 11) is 0. The van der Waals surface area contributed by atoms with Crippen molar-refractivity contribution in [3.05, 3.63) is 71.5 Å². The van der Waals surface area contributed by atoms with Crippen molar-refractivity contribution in [2.24, 2.45) is 11.7 Å². The third-order valence-corrected chi connectivity index (χ3v) is 5.06. The van der Waals surface area contributed by atoms with Gasteiger partial charge in [0.15, 0.2) is 0 Å². The third kappa shape index (κ3) is 4.34. The van der Waals surface area contributed by atoms with Crippen LogP contribution in [0.25, 0.3) is 0 Å². The second kappa shape index (κ2) is 8.31. The van der Waals surface area contributed by atoms with E-state index in [0.717, 1.165) is 5.56 Å². The first kappa shape index (κ1) is 19.0. The molecule has 1 saturated heterocycles. The molecule has 1 heterocycles. The maximum atomic E-state index is 13.3. The normalized spacial score (nSPS) is 16.7. The van der Waals surface area contributed by atoms with Gasteiger partial charge in [-0.3, -0.25) is 9.59 Å². The standard InChI is InChI=1S/C21H24FN3O2/c1-15(19(23)16-6-3-2-4-7-16)20(26)24-10-12-25(13-11-24)21(27)17-8-5-9-18(22)14-17/h2-9,14-15,19H,10-13,23H2,1H3. The second-order valence-corrected chi connectivity index (χ2v) is 6.85. The lowest BCUT2D eigenvalue weighted by Crippen LogP contribution is -2.52. The van der Waals surface area contributed by atoms with Gasteiger partial charge in [0.25, 0.3) is 5.91 Å². The van der Waals surface area contributed by atoms with E-state index < -0.39 is 5.82 Å². The molecule has 2 aromatic carbocycles. The zero-order valence-electron chi connectivity index (χ0n) is 15.3. The van der Waals surface area contributed by atoms with Crippen molar-refractivity contribution in [2.75, 3.05) is 26.2 Å². The lowest BCUT2D eigenvalue weighted by atomic mass is 9.94. The van der Waals surface area contributed by atoms with Crippen LogP contribution in [0.15, 0.2) is 54.6 Å². The third-order valence-electron chi connectivity index (χ3n) is 5.06. The summed E-state index contributed by atoms with van der Waals surface area (Å²) in [5.74, 6) is -1.00. The summed E-state index contributed by atoms with van der Waals surface area (Å²) in [4.78, 5) is 28.7. The smallest absolute Gasteiger partial charge is 0.254 e. The Kier molecular flexibility index (Phi) is 5.86. The Morgan fingerprint density at radius 3 is 2.22 bits per heavy atom. The van der Waals surface area contributed by atoms with Crippen molar-refractivity contribution >= 4 is 11.8 Å². The van der Waals surface area contributed by atoms with Crippen LogP contribution in [0.3, 0.4) is 0 Å². The van der Waals surface area contributed by atoms with Crippen LogP contribution in [0.1, 0.15) is 28.9 Å². The zero-order valence-corrected chi connectivity index (χ0v) is 15.3. The van der Waals surface area contributed by atoms with E-state index in [1.54, 1.807) is 15.9 Å². The van der Waals surface area contributed by atoms with Gasteiger partial charge in [-0.05, 0) is 23.8 Å². The van der Waals surface area contributed by atoms with E-state index in [0.29, 0.717) is 31.7 Å². The number of benzene rings is 2. The Bertz CT molecular complexity index is 804. The van der Waals surface area contributed by atoms with E-state index in [2.05, 4.69) is 0 Å². The molecule has 0 aliphatic carbocycles. The Balaban J connectivity index is 1.58. The summed E-state index contributed by atoms with van der Waals surface area (Å²) in [5.41, 5.74) is 7.52. The fourth-order valence-corrected chi connectivity index (χ4v) is 3.34. The van der Waals surface area contributed by atoms with Crippen molar-refractivity contribution in [2.45, 2.75) is 13.0 Å². The fourth-order valence-electron chi connectivity index (χ4n) is 3.34. The van der Waals surface area contributed by atoms with Gasteiger partial charge in [0.1, 0.15) is 5.82 Å². The van der Waals surface area contributed by atoms with Crippen LogP contribution >= 0.6 is 0 Å². The molecular formula is C21H24FN3O2. The highest BCUT2D eigenvalue weighted by molar-refractivity contribution is 5.94. The van der Waals surface area contributed by atoms with Crippen molar-refractivity contribution < 1.29 is 14.0 Å². The number of hydrogen-bond donors (Lipinski definition) is 1. The molecule has 2 atom stereocenters. The van der Waals surface area contributed by atoms with Crippen LogP contribution in [0, 0.1) is 11.7 Å². The highest BCUT2D eigenvalue weighted by atomic mass is 19.1. The minimum Gasteiger partial charge on any atom is -0.339 e. The molecule has 0 radical (unpaired) electrons. The summed E-state index contributed by atoms with van der Waals surface area (Å²) < 4.78 is 13.3. The van der Waals surface area contributed by atoms with Gasteiger partial charge in [-0.2, -0.15) is 0 Å². The van der Waals surface area contributed by atoms with Crippen molar-refractivity contribution in [1.29, 1.82) is 0 Å². The fraction of sp³-hybridized carbons (Fsp3) is 0.333. The number of halogens is 1. The van der Waals surface area contributed by atoms with E-state index >= 15 is 0 Å². The molecule has 6 heteroatoms. The zero-order chi connectivity index (χ0) is 19.4. The van der Waals surface area contributed by atoms with Crippen LogP contribution in [-0.2, 0) is 4.79 Å². The first-order chi connectivity index (χ1) is 13.0. The molecule has 1 aliphatic rings. The van der Waals surface area contributed by atoms with Gasteiger partial charge in [0.2, 0.25) is 5.91 Å². The van der Waals surface area contributed by atoms with Crippen LogP contribution in [0.4, 0.5) is 4.39 Å². The average Bonchev–Trinajstić information content (AvgIpc) is 2.72. The molecule has 2 unspecified atom stereocenters. The summed E-state index contributed by atoms with van der Waals surface area (Å²) in [5, 5.41) is 0. The van der Waals surface area contributed by atoms with Gasteiger partial charge < -0.3 is 15.5 Å². The molecule has 5 nitrogen and oxygen atoms in total. The molecular weight excluding hydrogens is 345 g/mol. The monoisotopic (exact) mass is 369 g/mol. The number of carbonyl (C=O) groups excluding carboxylic acids is 2. The largest absolute Gasteiger partial charge is 0.339 e. The molecule has 2 aromatic rings. The molecule has 2 N–H and O–H groups in total. The second-order valence-electron chi connectivity index (χ2n) is 6.85. The first-order valence-electron chi connectivity index (χ1n) is 9.11. The highest BCUT2D eigenvalue weighted by Crippen LogP contribution is 2.22. The highest BCUT2D eigenvalue weighted by Gasteiger charge is 2.30. The lowest BCUT2D eigenvalue weighted by Gasteiger charge is -2.37. The maximum Gasteiger partial charge on any atom is 0.254 e. The number of piperazine rings is 1. The van der Waals surface area contributed by atoms with Crippen LogP contribution in [-0.4, -0.2) is 47.8 Å². The van der Waals surface area contributed by atoms with E-state index in [1.165, 1.54) is 18.2 Å². The predicted octanol–water partition coefficient (Wildman–Crippen LogP) is 2.45. The number of carbonyl (C=O) groups is 2. The lowest BCUT2D eigenvalue weighted by molar-refractivity contribution is -0.137.